The van der Waals surface area contributed by atoms with Gasteiger partial charge in [-0.1, -0.05) is 5.16 Å². The smallest absolute Gasteiger partial charge is 0.397 e. The second-order valence-electron chi connectivity index (χ2n) is 5.11. The molecule has 1 N–H and O–H groups in total. The molecule has 126 valence electrons. The molecule has 0 aromatic carbocycles. The number of nitrogens with zero attached hydrogens (tertiary/aromatic N) is 2. The Balaban J connectivity index is 2.84. The van der Waals surface area contributed by atoms with Gasteiger partial charge in [-0.15, -0.1) is 11.3 Å². The molecule has 0 aliphatic rings. The number of hydrogen-bond acceptors (Lipinski definition) is 9. The number of oxime groups is 1. The molecule has 1 heterocycles. The first kappa shape index (κ1) is 18.6. The van der Waals surface area contributed by atoms with E-state index >= 15 is 0 Å². The highest BCUT2D eigenvalue weighted by molar-refractivity contribution is 7.14. The molecule has 1 aromatic rings. The molecule has 10 heteroatoms. The van der Waals surface area contributed by atoms with Crippen LogP contribution in [0.1, 0.15) is 26.5 Å². The number of methoxy groups -OCH3 is 1. The van der Waals surface area contributed by atoms with Gasteiger partial charge in [0.05, 0.1) is 7.11 Å². The first-order chi connectivity index (χ1) is 10.7. The quantitative estimate of drug-likeness (QED) is 0.374. The van der Waals surface area contributed by atoms with Gasteiger partial charge in [-0.3, -0.25) is 10.1 Å². The van der Waals surface area contributed by atoms with Gasteiger partial charge in [0.1, 0.15) is 18.4 Å². The van der Waals surface area contributed by atoms with Gasteiger partial charge in [-0.25, -0.2) is 14.6 Å². The maximum absolute atomic E-state index is 11.7. The standard InChI is InChI=1S/C13H17N3O6S/c1-13(2,3)22-11(19)9(17)15-12-14-7(6-23-12)8(16-21-5)10(18)20-4/h6H,1-5H3,(H,14,15,17). The summed E-state index contributed by atoms with van der Waals surface area (Å²) >= 11 is 1.00. The average Bonchev–Trinajstić information content (AvgIpc) is 2.90. The molecule has 0 fully saturated rings. The Labute approximate surface area is 136 Å². The fourth-order valence-electron chi connectivity index (χ4n) is 1.29. The maximum Gasteiger partial charge on any atom is 0.397 e. The van der Waals surface area contributed by atoms with Crippen LogP contribution in [-0.4, -0.2) is 48.4 Å². The number of nitrogens with one attached hydrogen (secondary N) is 1. The molecule has 0 bridgehead atoms. The Bertz CT molecular complexity index is 632. The summed E-state index contributed by atoms with van der Waals surface area (Å²) in [5.41, 5.74) is -0.807. The van der Waals surface area contributed by atoms with Crippen molar-refractivity contribution < 1.29 is 28.7 Å². The SMILES string of the molecule is CON=C(C(=O)OC)c1csc(NC(=O)C(=O)OC(C)(C)C)n1. The summed E-state index contributed by atoms with van der Waals surface area (Å²) in [5.74, 6) is -2.75. The molecule has 1 amide bonds. The van der Waals surface area contributed by atoms with Crippen molar-refractivity contribution in [3.8, 4) is 0 Å². The van der Waals surface area contributed by atoms with Crippen molar-refractivity contribution in [3.63, 3.8) is 0 Å². The summed E-state index contributed by atoms with van der Waals surface area (Å²) in [6.07, 6.45) is 0. The van der Waals surface area contributed by atoms with Gasteiger partial charge in [0.2, 0.25) is 5.71 Å². The summed E-state index contributed by atoms with van der Waals surface area (Å²) in [4.78, 5) is 43.4. The Hall–Kier alpha value is -2.49. The molecular weight excluding hydrogens is 326 g/mol. The van der Waals surface area contributed by atoms with Crippen molar-refractivity contribution in [1.82, 2.24) is 4.98 Å². The van der Waals surface area contributed by atoms with Crippen LogP contribution in [0.3, 0.4) is 0 Å². The minimum atomic E-state index is -1.03. The van der Waals surface area contributed by atoms with Crippen LogP contribution >= 0.6 is 11.3 Å². The molecule has 0 unspecified atom stereocenters. The van der Waals surface area contributed by atoms with Crippen molar-refractivity contribution >= 4 is 40.0 Å². The number of hydrogen-bond donors (Lipinski definition) is 1. The van der Waals surface area contributed by atoms with E-state index in [1.807, 2.05) is 0 Å². The molecular formula is C13H17N3O6S. The lowest BCUT2D eigenvalue weighted by molar-refractivity contribution is -0.161. The van der Waals surface area contributed by atoms with Gasteiger partial charge in [0.25, 0.3) is 0 Å². The number of aromatic nitrogens is 1. The predicted molar refractivity (Wildman–Crippen MR) is 82.2 cm³/mol. The Morgan fingerprint density at radius 3 is 2.39 bits per heavy atom. The first-order valence-electron chi connectivity index (χ1n) is 6.37. The largest absolute Gasteiger partial charge is 0.464 e. The molecule has 0 saturated heterocycles. The molecule has 0 aliphatic heterocycles. The zero-order valence-corrected chi connectivity index (χ0v) is 14.1. The number of thiazole rings is 1. The van der Waals surface area contributed by atoms with E-state index in [1.165, 1.54) is 19.6 Å². The second-order valence-corrected chi connectivity index (χ2v) is 5.97. The highest BCUT2D eigenvalue weighted by Gasteiger charge is 2.25. The maximum atomic E-state index is 11.7. The number of anilines is 1. The third kappa shape index (κ3) is 5.66. The third-order valence-electron chi connectivity index (χ3n) is 2.11. The fraction of sp³-hybridized carbons (Fsp3) is 0.462. The van der Waals surface area contributed by atoms with E-state index in [0.717, 1.165) is 11.3 Å². The van der Waals surface area contributed by atoms with Crippen molar-refractivity contribution in [3.05, 3.63) is 11.1 Å². The molecule has 0 saturated carbocycles. The van der Waals surface area contributed by atoms with E-state index < -0.39 is 23.4 Å². The highest BCUT2D eigenvalue weighted by Crippen LogP contribution is 2.17. The number of amides is 1. The lowest BCUT2D eigenvalue weighted by atomic mass is 10.2. The van der Waals surface area contributed by atoms with Crippen LogP contribution in [0.15, 0.2) is 10.5 Å². The lowest BCUT2D eigenvalue weighted by Gasteiger charge is -2.18. The van der Waals surface area contributed by atoms with E-state index in [-0.39, 0.29) is 16.5 Å². The summed E-state index contributed by atoms with van der Waals surface area (Å²) in [7, 11) is 2.45. The Morgan fingerprint density at radius 2 is 1.87 bits per heavy atom. The minimum Gasteiger partial charge on any atom is -0.464 e. The summed E-state index contributed by atoms with van der Waals surface area (Å²) in [6.45, 7) is 4.93. The van der Waals surface area contributed by atoms with Crippen LogP contribution in [0.25, 0.3) is 0 Å². The monoisotopic (exact) mass is 343 g/mol. The summed E-state index contributed by atoms with van der Waals surface area (Å²) < 4.78 is 9.48. The van der Waals surface area contributed by atoms with Gasteiger partial charge in [-0.05, 0) is 20.8 Å². The topological polar surface area (TPSA) is 116 Å². The van der Waals surface area contributed by atoms with Gasteiger partial charge in [0.15, 0.2) is 5.13 Å². The van der Waals surface area contributed by atoms with Crippen molar-refractivity contribution in [2.75, 3.05) is 19.5 Å². The molecule has 1 aromatic heterocycles. The van der Waals surface area contributed by atoms with Crippen LogP contribution < -0.4 is 5.32 Å². The summed E-state index contributed by atoms with van der Waals surface area (Å²) in [6, 6.07) is 0. The molecule has 0 spiro atoms. The van der Waals surface area contributed by atoms with Crippen LogP contribution in [0.4, 0.5) is 5.13 Å². The number of ether oxygens (including phenoxy) is 2. The summed E-state index contributed by atoms with van der Waals surface area (Å²) in [5, 5.41) is 7.37. The molecule has 0 radical (unpaired) electrons. The Morgan fingerprint density at radius 1 is 1.22 bits per heavy atom. The van der Waals surface area contributed by atoms with E-state index in [1.54, 1.807) is 20.8 Å². The fourth-order valence-corrected chi connectivity index (χ4v) is 1.98. The minimum absolute atomic E-state index is 0.101. The van der Waals surface area contributed by atoms with E-state index in [9.17, 15) is 14.4 Å². The number of carbonyl (C=O) groups is 3. The number of rotatable bonds is 4. The number of esters is 2. The Kier molecular flexibility index (Phi) is 6.19. The van der Waals surface area contributed by atoms with Crippen molar-refractivity contribution in [2.24, 2.45) is 5.16 Å². The highest BCUT2D eigenvalue weighted by atomic mass is 32.1. The van der Waals surface area contributed by atoms with Gasteiger partial charge >= 0.3 is 17.8 Å². The van der Waals surface area contributed by atoms with Crippen molar-refractivity contribution in [2.45, 2.75) is 26.4 Å². The molecule has 1 rings (SSSR count). The van der Waals surface area contributed by atoms with E-state index in [4.69, 9.17) is 4.74 Å². The average molecular weight is 343 g/mol. The van der Waals surface area contributed by atoms with E-state index in [0.29, 0.717) is 0 Å². The normalized spacial score (nSPS) is 11.6. The zero-order valence-electron chi connectivity index (χ0n) is 13.3. The lowest BCUT2D eigenvalue weighted by Crippen LogP contribution is -2.32. The molecule has 23 heavy (non-hydrogen) atoms. The van der Waals surface area contributed by atoms with Crippen LogP contribution in [0.2, 0.25) is 0 Å². The van der Waals surface area contributed by atoms with E-state index in [2.05, 4.69) is 25.0 Å². The molecule has 0 atom stereocenters. The third-order valence-corrected chi connectivity index (χ3v) is 2.87. The number of carbonyl (C=O) groups excluding carboxylic acids is 3. The van der Waals surface area contributed by atoms with Gasteiger partial charge in [0, 0.05) is 5.38 Å². The first-order valence-corrected chi connectivity index (χ1v) is 7.25. The predicted octanol–water partition coefficient (Wildman–Crippen LogP) is 0.947. The molecule has 0 aliphatic carbocycles. The molecule has 9 nitrogen and oxygen atoms in total. The van der Waals surface area contributed by atoms with Crippen LogP contribution in [0.5, 0.6) is 0 Å². The van der Waals surface area contributed by atoms with Gasteiger partial charge in [-0.2, -0.15) is 0 Å². The van der Waals surface area contributed by atoms with Crippen LogP contribution in [-0.2, 0) is 28.7 Å². The van der Waals surface area contributed by atoms with Gasteiger partial charge < -0.3 is 14.3 Å². The zero-order chi connectivity index (χ0) is 17.6. The second kappa shape index (κ2) is 7.68. The van der Waals surface area contributed by atoms with Crippen LogP contribution in [0, 0.1) is 0 Å². The van der Waals surface area contributed by atoms with Crippen molar-refractivity contribution in [1.29, 1.82) is 0 Å².